The van der Waals surface area contributed by atoms with Crippen LogP contribution in [0.3, 0.4) is 0 Å². The maximum absolute atomic E-state index is 12.5. The number of rotatable bonds is 7. The number of halogens is 2. The maximum atomic E-state index is 12.5. The van der Waals surface area contributed by atoms with Crippen molar-refractivity contribution in [2.75, 3.05) is 6.61 Å². The molecule has 2 saturated carbocycles. The van der Waals surface area contributed by atoms with Crippen molar-refractivity contribution in [3.05, 3.63) is 31.4 Å². The molecule has 4 unspecified atom stereocenters. The third-order valence-corrected chi connectivity index (χ3v) is 7.54. The molecule has 0 amide bonds. The van der Waals surface area contributed by atoms with E-state index in [9.17, 15) is 4.79 Å². The summed E-state index contributed by atoms with van der Waals surface area (Å²) < 4.78 is 13.8. The van der Waals surface area contributed by atoms with Crippen molar-refractivity contribution in [3.63, 3.8) is 0 Å². The zero-order valence-electron chi connectivity index (χ0n) is 15.4. The fraction of sp³-hybridized carbons (Fsp3) is 0.571. The molecule has 0 aromatic heterocycles. The van der Waals surface area contributed by atoms with Crippen LogP contribution in [0, 0.1) is 24.9 Å². The van der Waals surface area contributed by atoms with Gasteiger partial charge >= 0.3 is 5.97 Å². The van der Waals surface area contributed by atoms with Gasteiger partial charge in [0.2, 0.25) is 0 Å². The maximum Gasteiger partial charge on any atom is 0.344 e. The minimum atomic E-state index is -0.286. The van der Waals surface area contributed by atoms with E-state index in [1.54, 1.807) is 0 Å². The first-order valence-corrected chi connectivity index (χ1v) is 11.5. The number of carbonyl (C=O) groups excluding carboxylic acids is 1. The third kappa shape index (κ3) is 4.39. The van der Waals surface area contributed by atoms with Crippen LogP contribution >= 0.6 is 45.2 Å². The average Bonchev–Trinajstić information content (AvgIpc) is 3.39. The topological polar surface area (TPSA) is 35.5 Å². The predicted molar refractivity (Wildman–Crippen MR) is 121 cm³/mol. The zero-order valence-corrected chi connectivity index (χ0v) is 19.7. The van der Waals surface area contributed by atoms with Gasteiger partial charge in [0.25, 0.3) is 0 Å². The molecule has 0 heterocycles. The number of hydrogen-bond donors (Lipinski definition) is 0. The molecule has 3 nitrogen and oxygen atoms in total. The second-order valence-corrected chi connectivity index (χ2v) is 9.88. The summed E-state index contributed by atoms with van der Waals surface area (Å²) in [6, 6.07) is 4.01. The van der Waals surface area contributed by atoms with E-state index in [1.807, 2.05) is 18.2 Å². The van der Waals surface area contributed by atoms with Crippen molar-refractivity contribution in [3.8, 4) is 5.75 Å². The van der Waals surface area contributed by atoms with Crippen LogP contribution in [0.5, 0.6) is 5.75 Å². The predicted octanol–water partition coefficient (Wildman–Crippen LogP) is 6.07. The monoisotopic (exact) mass is 580 g/mol. The summed E-state index contributed by atoms with van der Waals surface area (Å²) in [6.45, 7) is 8.16. The summed E-state index contributed by atoms with van der Waals surface area (Å²) >= 11 is 4.47. The highest BCUT2D eigenvalue weighted by Gasteiger charge is 2.54. The lowest BCUT2D eigenvalue weighted by Crippen LogP contribution is -2.41. The van der Waals surface area contributed by atoms with Crippen LogP contribution in [0.2, 0.25) is 0 Å². The van der Waals surface area contributed by atoms with E-state index in [1.165, 1.54) is 12.8 Å². The molecule has 0 aliphatic heterocycles. The highest BCUT2D eigenvalue weighted by atomic mass is 127. The number of carbonyl (C=O) groups is 1. The van der Waals surface area contributed by atoms with Crippen molar-refractivity contribution in [1.29, 1.82) is 0 Å². The molecule has 142 valence electrons. The summed E-state index contributed by atoms with van der Waals surface area (Å²) in [5, 5.41) is 0. The standard InChI is InChI=1S/C21H26I2O3/c1-4-13-7-17(22)20(18(23)8-13)25-12-19(24)26-21(6-3)10-14(5-2)16-9-15(16)11-21/h4,7-8,14-16H,1,5-6,9-12H2,2-3H3. The Balaban J connectivity index is 1.62. The molecule has 1 aromatic rings. The highest BCUT2D eigenvalue weighted by Crippen LogP contribution is 2.58. The fourth-order valence-electron chi connectivity index (χ4n) is 4.40. The molecular formula is C21H26I2O3. The Labute approximate surface area is 183 Å². The SMILES string of the molecule is C=Cc1cc(I)c(OCC(=O)OC2(CC)CC(CC)C3CC3C2)c(I)c1. The Kier molecular flexibility index (Phi) is 6.57. The van der Waals surface area contributed by atoms with Crippen LogP contribution in [0.1, 0.15) is 51.5 Å². The van der Waals surface area contributed by atoms with E-state index in [2.05, 4.69) is 65.6 Å². The molecule has 0 spiro atoms. The zero-order chi connectivity index (χ0) is 18.9. The number of hydrogen-bond acceptors (Lipinski definition) is 3. The fourth-order valence-corrected chi connectivity index (χ4v) is 6.53. The Bertz CT molecular complexity index is 679. The number of esters is 1. The van der Waals surface area contributed by atoms with E-state index >= 15 is 0 Å². The van der Waals surface area contributed by atoms with Crippen molar-refractivity contribution in [1.82, 2.24) is 0 Å². The van der Waals surface area contributed by atoms with Crippen LogP contribution in [0.15, 0.2) is 18.7 Å². The summed E-state index contributed by atoms with van der Waals surface area (Å²) in [5.74, 6) is 2.84. The summed E-state index contributed by atoms with van der Waals surface area (Å²) in [5.41, 5.74) is 0.761. The highest BCUT2D eigenvalue weighted by molar-refractivity contribution is 14.1. The number of benzene rings is 1. The van der Waals surface area contributed by atoms with Crippen LogP contribution in [-0.2, 0) is 9.53 Å². The van der Waals surface area contributed by atoms with Gasteiger partial charge in [-0.1, -0.05) is 32.9 Å². The largest absolute Gasteiger partial charge is 0.480 e. The van der Waals surface area contributed by atoms with Crippen LogP contribution in [-0.4, -0.2) is 18.2 Å². The molecule has 0 N–H and O–H groups in total. The van der Waals surface area contributed by atoms with Gasteiger partial charge in [0.05, 0.1) is 7.14 Å². The van der Waals surface area contributed by atoms with Gasteiger partial charge in [-0.05, 0) is 106 Å². The molecule has 0 saturated heterocycles. The van der Waals surface area contributed by atoms with Gasteiger partial charge in [-0.15, -0.1) is 0 Å². The van der Waals surface area contributed by atoms with E-state index in [4.69, 9.17) is 9.47 Å². The molecule has 0 radical (unpaired) electrons. The van der Waals surface area contributed by atoms with Gasteiger partial charge in [-0.2, -0.15) is 0 Å². The van der Waals surface area contributed by atoms with E-state index in [-0.39, 0.29) is 18.2 Å². The number of ether oxygens (including phenoxy) is 2. The van der Waals surface area contributed by atoms with Crippen molar-refractivity contribution in [2.24, 2.45) is 17.8 Å². The summed E-state index contributed by atoms with van der Waals surface area (Å²) in [6.07, 6.45) is 7.24. The van der Waals surface area contributed by atoms with Gasteiger partial charge < -0.3 is 9.47 Å². The Morgan fingerprint density at radius 2 is 2.00 bits per heavy atom. The van der Waals surface area contributed by atoms with E-state index < -0.39 is 0 Å². The van der Waals surface area contributed by atoms with E-state index in [0.29, 0.717) is 5.92 Å². The lowest BCUT2D eigenvalue weighted by atomic mass is 9.75. The quantitative estimate of drug-likeness (QED) is 0.291. The molecule has 4 atom stereocenters. The first-order valence-electron chi connectivity index (χ1n) is 9.37. The first-order chi connectivity index (χ1) is 12.4. The molecule has 5 heteroatoms. The Morgan fingerprint density at radius 3 is 2.58 bits per heavy atom. The lowest BCUT2D eigenvalue weighted by Gasteiger charge is -2.39. The van der Waals surface area contributed by atoms with Gasteiger partial charge in [-0.3, -0.25) is 0 Å². The van der Waals surface area contributed by atoms with Crippen LogP contribution < -0.4 is 4.74 Å². The molecule has 2 aliphatic rings. The molecule has 2 aliphatic carbocycles. The van der Waals surface area contributed by atoms with Crippen molar-refractivity contribution < 1.29 is 14.3 Å². The van der Waals surface area contributed by atoms with Crippen molar-refractivity contribution >= 4 is 57.2 Å². The first kappa shape index (κ1) is 20.4. The minimum absolute atomic E-state index is 0.0356. The molecule has 0 bridgehead atoms. The van der Waals surface area contributed by atoms with Gasteiger partial charge in [0.15, 0.2) is 6.61 Å². The van der Waals surface area contributed by atoms with Gasteiger partial charge in [-0.25, -0.2) is 4.79 Å². The average molecular weight is 580 g/mol. The van der Waals surface area contributed by atoms with Crippen LogP contribution in [0.4, 0.5) is 0 Å². The molecular weight excluding hydrogens is 554 g/mol. The number of fused-ring (bicyclic) bond motifs is 1. The van der Waals surface area contributed by atoms with Crippen LogP contribution in [0.25, 0.3) is 6.08 Å². The second-order valence-electron chi connectivity index (χ2n) is 7.55. The second kappa shape index (κ2) is 8.37. The molecule has 1 aromatic carbocycles. The smallest absolute Gasteiger partial charge is 0.344 e. The summed E-state index contributed by atoms with van der Waals surface area (Å²) in [4.78, 5) is 12.5. The van der Waals surface area contributed by atoms with Gasteiger partial charge in [0.1, 0.15) is 11.4 Å². The lowest BCUT2D eigenvalue weighted by molar-refractivity contribution is -0.168. The Hall–Kier alpha value is -0.310. The molecule has 2 fully saturated rings. The Morgan fingerprint density at radius 1 is 1.31 bits per heavy atom. The minimum Gasteiger partial charge on any atom is -0.480 e. The normalized spacial score (nSPS) is 29.6. The molecule has 3 rings (SSSR count). The molecule has 26 heavy (non-hydrogen) atoms. The van der Waals surface area contributed by atoms with Crippen molar-refractivity contribution in [2.45, 2.75) is 51.6 Å². The third-order valence-electron chi connectivity index (χ3n) is 5.94. The van der Waals surface area contributed by atoms with Gasteiger partial charge in [0, 0.05) is 0 Å². The summed E-state index contributed by atoms with van der Waals surface area (Å²) in [7, 11) is 0. The van der Waals surface area contributed by atoms with E-state index in [0.717, 1.165) is 49.6 Å².